The van der Waals surface area contributed by atoms with Crippen LogP contribution in [0.15, 0.2) is 33.2 Å². The van der Waals surface area contributed by atoms with E-state index in [1.807, 2.05) is 6.07 Å². The Hall–Kier alpha value is -1.47. The van der Waals surface area contributed by atoms with Gasteiger partial charge in [-0.2, -0.15) is 0 Å². The summed E-state index contributed by atoms with van der Waals surface area (Å²) in [5.74, 6) is 0.560. The Morgan fingerprint density at radius 1 is 0.952 bits per heavy atom. The normalized spacial score (nSPS) is 10.3. The van der Waals surface area contributed by atoms with Crippen LogP contribution in [-0.4, -0.2) is 14.2 Å². The maximum absolute atomic E-state index is 14.0. The van der Waals surface area contributed by atoms with Crippen LogP contribution in [0.4, 0.5) is 21.5 Å². The number of rotatable bonds is 4. The summed E-state index contributed by atoms with van der Waals surface area (Å²) in [5.41, 5.74) is 6.81. The van der Waals surface area contributed by atoms with Crippen molar-refractivity contribution in [3.8, 4) is 11.5 Å². The molecule has 0 heterocycles. The van der Waals surface area contributed by atoms with Gasteiger partial charge in [-0.05, 0) is 37.9 Å². The van der Waals surface area contributed by atoms with Gasteiger partial charge in [0, 0.05) is 22.7 Å². The first-order chi connectivity index (χ1) is 9.96. The second kappa shape index (κ2) is 6.53. The highest BCUT2D eigenvalue weighted by molar-refractivity contribution is 9.11. The lowest BCUT2D eigenvalue weighted by Gasteiger charge is -2.14. The molecule has 0 aliphatic carbocycles. The van der Waals surface area contributed by atoms with Gasteiger partial charge in [-0.3, -0.25) is 0 Å². The van der Waals surface area contributed by atoms with Gasteiger partial charge in [-0.15, -0.1) is 0 Å². The quantitative estimate of drug-likeness (QED) is 0.705. The van der Waals surface area contributed by atoms with Gasteiger partial charge in [0.05, 0.1) is 35.8 Å². The molecule has 3 N–H and O–H groups in total. The summed E-state index contributed by atoms with van der Waals surface area (Å²) < 4.78 is 25.9. The number of nitrogens with two attached hydrogens (primary N) is 1. The summed E-state index contributed by atoms with van der Waals surface area (Å²) in [4.78, 5) is 0. The van der Waals surface area contributed by atoms with Crippen molar-refractivity contribution >= 4 is 48.9 Å². The summed E-state index contributed by atoms with van der Waals surface area (Å²) in [5, 5.41) is 2.99. The minimum absolute atomic E-state index is 0.244. The van der Waals surface area contributed by atoms with Gasteiger partial charge in [-0.1, -0.05) is 0 Å². The Morgan fingerprint density at radius 3 is 2.19 bits per heavy atom. The van der Waals surface area contributed by atoms with Crippen molar-refractivity contribution in [2.45, 2.75) is 0 Å². The topological polar surface area (TPSA) is 56.5 Å². The van der Waals surface area contributed by atoms with Gasteiger partial charge >= 0.3 is 0 Å². The van der Waals surface area contributed by atoms with Crippen molar-refractivity contribution in [1.82, 2.24) is 0 Å². The average molecular weight is 420 g/mol. The molecule has 0 unspecified atom stereocenters. The molecule has 0 aliphatic heterocycles. The fourth-order valence-corrected chi connectivity index (χ4v) is 3.02. The van der Waals surface area contributed by atoms with Crippen LogP contribution in [0.25, 0.3) is 0 Å². The van der Waals surface area contributed by atoms with Gasteiger partial charge in [0.1, 0.15) is 17.3 Å². The number of anilines is 3. The van der Waals surface area contributed by atoms with Gasteiger partial charge in [0.2, 0.25) is 0 Å². The van der Waals surface area contributed by atoms with E-state index in [4.69, 9.17) is 15.2 Å². The largest absolute Gasteiger partial charge is 0.495 e. The van der Waals surface area contributed by atoms with Crippen LogP contribution in [0.5, 0.6) is 11.5 Å². The van der Waals surface area contributed by atoms with Crippen molar-refractivity contribution in [2.75, 3.05) is 25.3 Å². The Labute approximate surface area is 138 Å². The van der Waals surface area contributed by atoms with E-state index in [1.165, 1.54) is 19.2 Å². The first-order valence-electron chi connectivity index (χ1n) is 5.89. The number of hydrogen-bond acceptors (Lipinski definition) is 4. The van der Waals surface area contributed by atoms with E-state index in [-0.39, 0.29) is 11.4 Å². The van der Waals surface area contributed by atoms with Gasteiger partial charge in [0.25, 0.3) is 0 Å². The summed E-state index contributed by atoms with van der Waals surface area (Å²) >= 11 is 6.80. The molecule has 2 rings (SSSR count). The molecule has 2 aromatic carbocycles. The van der Waals surface area contributed by atoms with Crippen LogP contribution in [0.1, 0.15) is 0 Å². The zero-order valence-corrected chi connectivity index (χ0v) is 14.5. The molecule has 0 amide bonds. The molecule has 4 nitrogen and oxygen atoms in total. The summed E-state index contributed by atoms with van der Waals surface area (Å²) in [7, 11) is 3.04. The monoisotopic (exact) mass is 418 g/mol. The maximum Gasteiger partial charge on any atom is 0.148 e. The predicted molar refractivity (Wildman–Crippen MR) is 89.0 cm³/mol. The molecule has 0 aromatic heterocycles. The van der Waals surface area contributed by atoms with Gasteiger partial charge in [0.15, 0.2) is 0 Å². The smallest absolute Gasteiger partial charge is 0.148 e. The first kappa shape index (κ1) is 15.9. The summed E-state index contributed by atoms with van der Waals surface area (Å²) in [6.07, 6.45) is 0. The average Bonchev–Trinajstić information content (AvgIpc) is 2.44. The van der Waals surface area contributed by atoms with Crippen LogP contribution in [0, 0.1) is 5.82 Å². The van der Waals surface area contributed by atoms with Crippen molar-refractivity contribution in [3.63, 3.8) is 0 Å². The Bertz CT molecular complexity index is 623. The molecule has 0 spiro atoms. The number of methoxy groups -OCH3 is 2. The fraction of sp³-hybridized carbons (Fsp3) is 0.143. The highest BCUT2D eigenvalue weighted by Gasteiger charge is 2.12. The van der Waals surface area contributed by atoms with Crippen molar-refractivity contribution in [3.05, 3.63) is 39.0 Å². The van der Waals surface area contributed by atoms with E-state index in [1.54, 1.807) is 13.2 Å². The molecule has 0 aliphatic rings. The van der Waals surface area contributed by atoms with Crippen LogP contribution in [0.2, 0.25) is 0 Å². The molecule has 0 bridgehead atoms. The number of nitrogens with one attached hydrogen (secondary N) is 1. The molecule has 0 atom stereocenters. The van der Waals surface area contributed by atoms with E-state index in [9.17, 15) is 4.39 Å². The standard InChI is InChI=1S/C14H13Br2FN2O2/c1-20-13-5-11(7(15)3-8(13)16)19-12-6-14(21-2)10(18)4-9(12)17/h3-6,19H,18H2,1-2H3. The predicted octanol–water partition coefficient (Wildman–Crippen LogP) is 4.69. The lowest BCUT2D eigenvalue weighted by atomic mass is 10.2. The first-order valence-corrected chi connectivity index (χ1v) is 7.48. The van der Waals surface area contributed by atoms with Crippen molar-refractivity contribution in [2.24, 2.45) is 0 Å². The number of benzene rings is 2. The molecule has 0 radical (unpaired) electrons. The van der Waals surface area contributed by atoms with E-state index in [0.29, 0.717) is 17.2 Å². The van der Waals surface area contributed by atoms with Crippen LogP contribution >= 0.6 is 31.9 Å². The van der Waals surface area contributed by atoms with Gasteiger partial charge in [-0.25, -0.2) is 4.39 Å². The minimum Gasteiger partial charge on any atom is -0.495 e. The highest BCUT2D eigenvalue weighted by Crippen LogP contribution is 2.37. The van der Waals surface area contributed by atoms with Crippen LogP contribution in [-0.2, 0) is 0 Å². The second-order valence-corrected chi connectivity index (χ2v) is 5.87. The number of ether oxygens (including phenoxy) is 2. The van der Waals surface area contributed by atoms with E-state index < -0.39 is 5.82 Å². The minimum atomic E-state index is -0.470. The molecule has 112 valence electrons. The SMILES string of the molecule is COc1cc(Nc2cc(OC)c(Br)cc2Br)c(F)cc1N. The third-order valence-electron chi connectivity index (χ3n) is 2.83. The highest BCUT2D eigenvalue weighted by atomic mass is 79.9. The Balaban J connectivity index is 2.42. The van der Waals surface area contributed by atoms with Crippen LogP contribution in [0.3, 0.4) is 0 Å². The molecule has 2 aromatic rings. The van der Waals surface area contributed by atoms with E-state index >= 15 is 0 Å². The number of nitrogen functional groups attached to an aromatic ring is 1. The third kappa shape index (κ3) is 3.41. The second-order valence-electron chi connectivity index (χ2n) is 4.17. The molecule has 0 saturated carbocycles. The van der Waals surface area contributed by atoms with Crippen molar-refractivity contribution in [1.29, 1.82) is 0 Å². The zero-order valence-electron chi connectivity index (χ0n) is 11.3. The summed E-state index contributed by atoms with van der Waals surface area (Å²) in [6.45, 7) is 0. The lowest BCUT2D eigenvalue weighted by Crippen LogP contribution is -2.00. The molecular weight excluding hydrogens is 407 g/mol. The van der Waals surface area contributed by atoms with E-state index in [2.05, 4.69) is 37.2 Å². The molecule has 0 saturated heterocycles. The van der Waals surface area contributed by atoms with Gasteiger partial charge < -0.3 is 20.5 Å². The Morgan fingerprint density at radius 2 is 1.57 bits per heavy atom. The lowest BCUT2D eigenvalue weighted by molar-refractivity contribution is 0.412. The third-order valence-corrected chi connectivity index (χ3v) is 4.11. The molecule has 7 heteroatoms. The molecule has 21 heavy (non-hydrogen) atoms. The maximum atomic E-state index is 14.0. The fourth-order valence-electron chi connectivity index (χ4n) is 1.77. The zero-order chi connectivity index (χ0) is 15.6. The molecular formula is C14H13Br2FN2O2. The number of hydrogen-bond donors (Lipinski definition) is 2. The van der Waals surface area contributed by atoms with E-state index in [0.717, 1.165) is 8.95 Å². The number of halogens is 3. The van der Waals surface area contributed by atoms with Crippen LogP contribution < -0.4 is 20.5 Å². The Kier molecular flexibility index (Phi) is 4.95. The van der Waals surface area contributed by atoms with Crippen molar-refractivity contribution < 1.29 is 13.9 Å². The summed E-state index contributed by atoms with van der Waals surface area (Å²) in [6, 6.07) is 6.28. The molecule has 0 fully saturated rings.